The van der Waals surface area contributed by atoms with Gasteiger partial charge in [-0.3, -0.25) is 4.99 Å². The van der Waals surface area contributed by atoms with Crippen LogP contribution in [0.25, 0.3) is 0 Å². The van der Waals surface area contributed by atoms with Crippen LogP contribution in [-0.2, 0) is 14.6 Å². The summed E-state index contributed by atoms with van der Waals surface area (Å²) >= 11 is 0. The molecule has 2 rings (SSSR count). The molecule has 1 unspecified atom stereocenters. The molecule has 1 aliphatic heterocycles. The minimum Gasteiger partial charge on any atom is -0.379 e. The van der Waals surface area contributed by atoms with Gasteiger partial charge in [-0.2, -0.15) is 0 Å². The Morgan fingerprint density at radius 1 is 1.27 bits per heavy atom. The van der Waals surface area contributed by atoms with Gasteiger partial charge in [0.15, 0.2) is 15.8 Å². The van der Waals surface area contributed by atoms with Crippen LogP contribution in [0.4, 0.5) is 0 Å². The van der Waals surface area contributed by atoms with E-state index >= 15 is 0 Å². The summed E-state index contributed by atoms with van der Waals surface area (Å²) in [7, 11) is 0.460. The predicted octanol–water partition coefficient (Wildman–Crippen LogP) is 2.67. The van der Waals surface area contributed by atoms with E-state index < -0.39 is 14.6 Å². The molecule has 1 saturated carbocycles. The molecule has 154 valence electrons. The van der Waals surface area contributed by atoms with E-state index in [2.05, 4.69) is 36.0 Å². The number of nitrogens with one attached hydrogen (secondary N) is 1. The van der Waals surface area contributed by atoms with Crippen LogP contribution >= 0.6 is 24.0 Å². The minimum absolute atomic E-state index is 0. The quantitative estimate of drug-likeness (QED) is 0.366. The highest BCUT2D eigenvalue weighted by Crippen LogP contribution is 2.38. The molecule has 1 atom stereocenters. The summed E-state index contributed by atoms with van der Waals surface area (Å²) in [4.78, 5) is 6.53. The molecule has 2 fully saturated rings. The molecule has 1 spiro atoms. The zero-order chi connectivity index (χ0) is 18.7. The van der Waals surface area contributed by atoms with Gasteiger partial charge >= 0.3 is 0 Å². The van der Waals surface area contributed by atoms with Gasteiger partial charge in [0, 0.05) is 33.8 Å². The molecule has 0 aromatic rings. The molecular formula is C18H36IN3O3S. The maximum absolute atomic E-state index is 12.8. The van der Waals surface area contributed by atoms with Gasteiger partial charge in [-0.1, -0.05) is 40.0 Å². The number of rotatable bonds is 3. The lowest BCUT2D eigenvalue weighted by Gasteiger charge is -2.45. The van der Waals surface area contributed by atoms with Gasteiger partial charge in [-0.05, 0) is 18.3 Å². The van der Waals surface area contributed by atoms with Crippen molar-refractivity contribution < 1.29 is 13.2 Å². The van der Waals surface area contributed by atoms with Crippen molar-refractivity contribution in [2.45, 2.75) is 63.7 Å². The first-order valence-corrected chi connectivity index (χ1v) is 11.0. The lowest BCUT2D eigenvalue weighted by atomic mass is 9.87. The molecule has 2 aliphatic rings. The molecular weight excluding hydrogens is 465 g/mol. The zero-order valence-electron chi connectivity index (χ0n) is 16.9. The van der Waals surface area contributed by atoms with Gasteiger partial charge in [-0.25, -0.2) is 8.42 Å². The van der Waals surface area contributed by atoms with Gasteiger partial charge in [0.05, 0.1) is 16.6 Å². The van der Waals surface area contributed by atoms with E-state index in [-0.39, 0.29) is 41.2 Å². The molecule has 1 aliphatic carbocycles. The smallest absolute Gasteiger partial charge is 0.193 e. The van der Waals surface area contributed by atoms with E-state index in [1.54, 1.807) is 14.2 Å². The predicted molar refractivity (Wildman–Crippen MR) is 118 cm³/mol. The molecule has 0 aromatic carbocycles. The molecule has 0 aromatic heterocycles. The summed E-state index contributed by atoms with van der Waals surface area (Å²) in [5.41, 5.74) is 0.0242. The third kappa shape index (κ3) is 5.25. The highest BCUT2D eigenvalue weighted by atomic mass is 127. The number of halogens is 1. The lowest BCUT2D eigenvalue weighted by Crippen LogP contribution is -2.60. The fourth-order valence-electron chi connectivity index (χ4n) is 4.08. The van der Waals surface area contributed by atoms with Crippen molar-refractivity contribution in [3.8, 4) is 0 Å². The van der Waals surface area contributed by atoms with Crippen molar-refractivity contribution in [1.82, 2.24) is 10.2 Å². The van der Waals surface area contributed by atoms with Crippen LogP contribution in [0.1, 0.15) is 52.9 Å². The fraction of sp³-hybridized carbons (Fsp3) is 0.944. The number of guanidine groups is 1. The van der Waals surface area contributed by atoms with E-state index in [1.165, 1.54) is 0 Å². The second-order valence-corrected chi connectivity index (χ2v) is 11.0. The summed E-state index contributed by atoms with van der Waals surface area (Å²) < 4.78 is 30.5. The Bertz CT molecular complexity index is 581. The van der Waals surface area contributed by atoms with Gasteiger partial charge in [-0.15, -0.1) is 24.0 Å². The molecule has 1 N–H and O–H groups in total. The van der Waals surface area contributed by atoms with E-state index in [4.69, 9.17) is 4.74 Å². The summed E-state index contributed by atoms with van der Waals surface area (Å²) in [5, 5.41) is 3.40. The third-order valence-electron chi connectivity index (χ3n) is 5.74. The maximum atomic E-state index is 12.8. The number of aliphatic imine (C=N–C) groups is 1. The lowest BCUT2D eigenvalue weighted by molar-refractivity contribution is 0.0201. The largest absolute Gasteiger partial charge is 0.379 e. The highest BCUT2D eigenvalue weighted by Gasteiger charge is 2.48. The van der Waals surface area contributed by atoms with Crippen LogP contribution in [0.2, 0.25) is 0 Å². The molecule has 26 heavy (non-hydrogen) atoms. The first-order chi connectivity index (χ1) is 11.6. The molecule has 8 heteroatoms. The Balaban J connectivity index is 0.00000338. The monoisotopic (exact) mass is 501 g/mol. The average molecular weight is 501 g/mol. The number of ether oxygens (including phenoxy) is 1. The number of sulfone groups is 1. The molecule has 0 bridgehead atoms. The summed E-state index contributed by atoms with van der Waals surface area (Å²) in [6.07, 6.45) is 4.79. The van der Waals surface area contributed by atoms with Gasteiger partial charge in [0.25, 0.3) is 0 Å². The van der Waals surface area contributed by atoms with Crippen molar-refractivity contribution in [3.63, 3.8) is 0 Å². The second-order valence-electron chi connectivity index (χ2n) is 8.50. The van der Waals surface area contributed by atoms with Gasteiger partial charge < -0.3 is 15.0 Å². The van der Waals surface area contributed by atoms with E-state index in [0.717, 1.165) is 38.1 Å². The first-order valence-electron chi connectivity index (χ1n) is 9.36. The van der Waals surface area contributed by atoms with Crippen molar-refractivity contribution in [2.75, 3.05) is 39.5 Å². The van der Waals surface area contributed by atoms with E-state index in [0.29, 0.717) is 19.6 Å². The number of methoxy groups -OCH3 is 1. The first kappa shape index (κ1) is 23.9. The second kappa shape index (κ2) is 9.41. The Morgan fingerprint density at radius 3 is 2.38 bits per heavy atom. The Kier molecular flexibility index (Phi) is 8.66. The van der Waals surface area contributed by atoms with E-state index in [1.807, 2.05) is 0 Å². The van der Waals surface area contributed by atoms with Crippen LogP contribution in [0.3, 0.4) is 0 Å². The number of nitrogens with zero attached hydrogens (tertiary/aromatic N) is 2. The molecule has 1 saturated heterocycles. The summed E-state index contributed by atoms with van der Waals surface area (Å²) in [6.45, 7) is 8.17. The standard InChI is InChI=1S/C18H35N3O3S.HI/c1-17(2,3)15(24-5)13-20-16(19-4)21-11-12-25(22,23)18(14-21)9-7-6-8-10-18;/h15H,6-14H2,1-5H3,(H,19,20);1H. The zero-order valence-corrected chi connectivity index (χ0v) is 20.0. The topological polar surface area (TPSA) is 71.0 Å². The third-order valence-corrected chi connectivity index (χ3v) is 8.32. The fourth-order valence-corrected chi connectivity index (χ4v) is 6.23. The molecule has 1 heterocycles. The highest BCUT2D eigenvalue weighted by molar-refractivity contribution is 14.0. The van der Waals surface area contributed by atoms with Crippen LogP contribution in [0.5, 0.6) is 0 Å². The number of hydrogen-bond donors (Lipinski definition) is 1. The van der Waals surface area contributed by atoms with Crippen molar-refractivity contribution in [3.05, 3.63) is 0 Å². The van der Waals surface area contributed by atoms with Crippen LogP contribution in [0, 0.1) is 5.41 Å². The SMILES string of the molecule is CN=C(NCC(OC)C(C)(C)C)N1CCS(=O)(=O)C2(CCCCC2)C1.I. The van der Waals surface area contributed by atoms with Crippen molar-refractivity contribution in [1.29, 1.82) is 0 Å². The van der Waals surface area contributed by atoms with Crippen LogP contribution < -0.4 is 5.32 Å². The number of hydrogen-bond acceptors (Lipinski definition) is 4. The Labute approximate surface area is 176 Å². The Morgan fingerprint density at radius 2 is 1.88 bits per heavy atom. The van der Waals surface area contributed by atoms with E-state index in [9.17, 15) is 8.42 Å². The normalized spacial score (nSPS) is 24.0. The van der Waals surface area contributed by atoms with Crippen LogP contribution in [0.15, 0.2) is 4.99 Å². The van der Waals surface area contributed by atoms with Gasteiger partial charge in [0.2, 0.25) is 0 Å². The van der Waals surface area contributed by atoms with Crippen molar-refractivity contribution >= 4 is 39.8 Å². The molecule has 0 amide bonds. The molecule has 0 radical (unpaired) electrons. The summed E-state index contributed by atoms with van der Waals surface area (Å²) in [6, 6.07) is 0. The summed E-state index contributed by atoms with van der Waals surface area (Å²) in [5.74, 6) is 1.01. The average Bonchev–Trinajstić information content (AvgIpc) is 2.54. The van der Waals surface area contributed by atoms with Crippen molar-refractivity contribution in [2.24, 2.45) is 10.4 Å². The maximum Gasteiger partial charge on any atom is 0.193 e. The van der Waals surface area contributed by atoms with Gasteiger partial charge in [0.1, 0.15) is 0 Å². The molecule has 6 nitrogen and oxygen atoms in total. The minimum atomic E-state index is -3.03. The van der Waals surface area contributed by atoms with Crippen LogP contribution in [-0.4, -0.2) is 69.7 Å². The Hall–Kier alpha value is -0.0900.